The number of rotatable bonds is 13. The highest BCUT2D eigenvalue weighted by Gasteiger charge is 2.34. The number of carbonyl (C=O) groups is 3. The molecule has 2 heterocycles. The summed E-state index contributed by atoms with van der Waals surface area (Å²) in [4.78, 5) is 55.7. The van der Waals surface area contributed by atoms with Gasteiger partial charge >= 0.3 is 17.9 Å². The van der Waals surface area contributed by atoms with Gasteiger partial charge in [-0.25, -0.2) is 19.4 Å². The first-order valence-corrected chi connectivity index (χ1v) is 16.2. The van der Waals surface area contributed by atoms with Gasteiger partial charge in [0.1, 0.15) is 5.75 Å². The molecule has 0 amide bonds. The molecule has 1 aliphatic rings. The van der Waals surface area contributed by atoms with E-state index in [2.05, 4.69) is 32.3 Å². The van der Waals surface area contributed by atoms with Crippen molar-refractivity contribution in [3.05, 3.63) is 82.1 Å². The molecule has 244 valence electrons. The van der Waals surface area contributed by atoms with Crippen molar-refractivity contribution in [1.82, 2.24) is 4.57 Å². The number of fused-ring (bicyclic) bond motifs is 1. The summed E-state index contributed by atoms with van der Waals surface area (Å²) in [7, 11) is 1.26. The van der Waals surface area contributed by atoms with Crippen LogP contribution in [0.25, 0.3) is 6.08 Å². The van der Waals surface area contributed by atoms with E-state index in [9.17, 15) is 19.2 Å². The zero-order valence-corrected chi connectivity index (χ0v) is 28.9. The summed E-state index contributed by atoms with van der Waals surface area (Å²) >= 11 is 3.28. The van der Waals surface area contributed by atoms with E-state index in [1.165, 1.54) is 23.0 Å². The Morgan fingerprint density at radius 1 is 0.913 bits per heavy atom. The zero-order chi connectivity index (χ0) is 33.4. The molecule has 3 aromatic rings. The van der Waals surface area contributed by atoms with Crippen LogP contribution in [0.5, 0.6) is 17.2 Å². The maximum atomic E-state index is 14.0. The molecule has 0 unspecified atom stereocenters. The maximum absolute atomic E-state index is 14.0. The van der Waals surface area contributed by atoms with Gasteiger partial charge in [-0.1, -0.05) is 23.5 Å². The Kier molecular flexibility index (Phi) is 12.0. The lowest BCUT2D eigenvalue weighted by atomic mass is 9.95. The standard InChI is InChI=1S/C32H33IN2O10S/c1-6-41-24-15-20(10-12-23(24)45-16-26(36)40-5)29-28(31(39)43-8-3)18(4)34-32-35(29)30(38)25(46-32)14-19-9-11-22(21(33)13-19)44-17-27(37)42-7-2/h9-15,29H,6-8,16-17H2,1-5H3/b25-14-/t29-/m0/s1. The quantitative estimate of drug-likeness (QED) is 0.145. The highest BCUT2D eigenvalue weighted by Crippen LogP contribution is 2.36. The van der Waals surface area contributed by atoms with E-state index in [0.29, 0.717) is 44.4 Å². The first-order valence-electron chi connectivity index (χ1n) is 14.4. The summed E-state index contributed by atoms with van der Waals surface area (Å²) in [6.45, 7) is 7.08. The molecule has 0 aliphatic carbocycles. The van der Waals surface area contributed by atoms with Crippen LogP contribution in [0.2, 0.25) is 0 Å². The SMILES string of the molecule is CCOC(=O)COc1ccc(/C=c2\sc3n(c2=O)[C@@H](c2ccc(OCC(=O)OC)c(OCC)c2)C(C(=O)OCC)=C(C)N=3)cc1I. The van der Waals surface area contributed by atoms with Crippen molar-refractivity contribution in [1.29, 1.82) is 0 Å². The Hall–Kier alpha value is -4.18. The van der Waals surface area contributed by atoms with Crippen molar-refractivity contribution < 1.29 is 42.8 Å². The molecule has 0 spiro atoms. The number of ether oxygens (including phenoxy) is 6. The second kappa shape index (κ2) is 15.9. The zero-order valence-electron chi connectivity index (χ0n) is 25.9. The van der Waals surface area contributed by atoms with Gasteiger partial charge in [-0.3, -0.25) is 9.36 Å². The summed E-state index contributed by atoms with van der Waals surface area (Å²) in [5.74, 6) is -0.497. The van der Waals surface area contributed by atoms with Gasteiger partial charge in [0.2, 0.25) is 0 Å². The van der Waals surface area contributed by atoms with Gasteiger partial charge in [0.25, 0.3) is 5.56 Å². The molecule has 0 radical (unpaired) electrons. The van der Waals surface area contributed by atoms with Crippen LogP contribution in [0.3, 0.4) is 0 Å². The highest BCUT2D eigenvalue weighted by molar-refractivity contribution is 14.1. The minimum Gasteiger partial charge on any atom is -0.490 e. The lowest BCUT2D eigenvalue weighted by Crippen LogP contribution is -2.40. The van der Waals surface area contributed by atoms with Crippen LogP contribution < -0.4 is 29.1 Å². The summed E-state index contributed by atoms with van der Waals surface area (Å²) in [5, 5.41) is 0. The normalized spacial score (nSPS) is 14.2. The number of methoxy groups -OCH3 is 1. The Labute approximate surface area is 282 Å². The molecule has 46 heavy (non-hydrogen) atoms. The number of thiazole rings is 1. The lowest BCUT2D eigenvalue weighted by molar-refractivity contribution is -0.145. The van der Waals surface area contributed by atoms with E-state index >= 15 is 0 Å². The third-order valence-corrected chi connectivity index (χ3v) is 8.40. The van der Waals surface area contributed by atoms with Crippen LogP contribution in [0.1, 0.15) is 44.9 Å². The third-order valence-electron chi connectivity index (χ3n) is 6.58. The van der Waals surface area contributed by atoms with Crippen LogP contribution in [-0.2, 0) is 28.6 Å². The van der Waals surface area contributed by atoms with Crippen LogP contribution >= 0.6 is 33.9 Å². The van der Waals surface area contributed by atoms with Crippen LogP contribution in [0.15, 0.2) is 57.5 Å². The van der Waals surface area contributed by atoms with Gasteiger partial charge < -0.3 is 28.4 Å². The average molecular weight is 765 g/mol. The fourth-order valence-electron chi connectivity index (χ4n) is 4.60. The predicted octanol–water partition coefficient (Wildman–Crippen LogP) is 3.30. The summed E-state index contributed by atoms with van der Waals surface area (Å²) in [6.07, 6.45) is 1.73. The molecule has 4 rings (SSSR count). The van der Waals surface area contributed by atoms with Crippen LogP contribution in [-0.4, -0.2) is 62.6 Å². The van der Waals surface area contributed by atoms with Gasteiger partial charge in [0, 0.05) is 0 Å². The molecule has 0 fully saturated rings. The summed E-state index contributed by atoms with van der Waals surface area (Å²) in [6, 6.07) is 9.42. The smallest absolute Gasteiger partial charge is 0.344 e. The van der Waals surface area contributed by atoms with Crippen molar-refractivity contribution >= 4 is 57.9 Å². The first kappa shape index (κ1) is 34.7. The van der Waals surface area contributed by atoms with E-state index < -0.39 is 23.9 Å². The van der Waals surface area contributed by atoms with Crippen LogP contribution in [0.4, 0.5) is 0 Å². The lowest BCUT2D eigenvalue weighted by Gasteiger charge is -2.25. The fourth-order valence-corrected chi connectivity index (χ4v) is 6.34. The van der Waals surface area contributed by atoms with Crippen LogP contribution in [0, 0.1) is 3.57 Å². The number of halogens is 1. The monoisotopic (exact) mass is 764 g/mol. The predicted molar refractivity (Wildman–Crippen MR) is 177 cm³/mol. The highest BCUT2D eigenvalue weighted by atomic mass is 127. The summed E-state index contributed by atoms with van der Waals surface area (Å²) < 4.78 is 34.6. The number of hydrogen-bond donors (Lipinski definition) is 0. The second-order valence-corrected chi connectivity index (χ2v) is 11.8. The molecule has 1 atom stereocenters. The minimum atomic E-state index is -0.884. The number of benzene rings is 2. The minimum absolute atomic E-state index is 0.134. The van der Waals surface area contributed by atoms with Crippen molar-refractivity contribution in [2.24, 2.45) is 4.99 Å². The molecule has 0 bridgehead atoms. The molecule has 1 aliphatic heterocycles. The fraction of sp³-hybridized carbons (Fsp3) is 0.344. The number of carbonyl (C=O) groups excluding carboxylic acids is 3. The second-order valence-electron chi connectivity index (χ2n) is 9.59. The topological polar surface area (TPSA) is 141 Å². The molecule has 1 aromatic heterocycles. The molecule has 12 nitrogen and oxygen atoms in total. The molecule has 2 aromatic carbocycles. The Balaban J connectivity index is 1.79. The Morgan fingerprint density at radius 2 is 1.61 bits per heavy atom. The largest absolute Gasteiger partial charge is 0.490 e. The van der Waals surface area contributed by atoms with Gasteiger partial charge in [-0.15, -0.1) is 0 Å². The van der Waals surface area contributed by atoms with Crippen molar-refractivity contribution in [3.63, 3.8) is 0 Å². The number of aromatic nitrogens is 1. The average Bonchev–Trinajstić information content (AvgIpc) is 3.33. The van der Waals surface area contributed by atoms with Crippen molar-refractivity contribution in [3.8, 4) is 17.2 Å². The number of allylic oxidation sites excluding steroid dienone is 1. The Bertz CT molecular complexity index is 1850. The van der Waals surface area contributed by atoms with Gasteiger partial charge in [-0.05, 0) is 91.8 Å². The Morgan fingerprint density at radius 3 is 2.28 bits per heavy atom. The maximum Gasteiger partial charge on any atom is 0.344 e. The van der Waals surface area contributed by atoms with Gasteiger partial charge in [-0.2, -0.15) is 0 Å². The summed E-state index contributed by atoms with van der Waals surface area (Å²) in [5.41, 5.74) is 1.55. The molecular weight excluding hydrogens is 731 g/mol. The molecule has 14 heteroatoms. The number of esters is 3. The third kappa shape index (κ3) is 7.96. The van der Waals surface area contributed by atoms with Crippen molar-refractivity contribution in [2.75, 3.05) is 40.1 Å². The van der Waals surface area contributed by atoms with E-state index in [-0.39, 0.29) is 37.6 Å². The number of nitrogens with zero attached hydrogens (tertiary/aromatic N) is 2. The molecular formula is C32H33IN2O10S. The van der Waals surface area contributed by atoms with E-state index in [1.807, 2.05) is 6.07 Å². The van der Waals surface area contributed by atoms with Gasteiger partial charge in [0.05, 0.1) is 52.3 Å². The number of hydrogen-bond acceptors (Lipinski definition) is 12. The van der Waals surface area contributed by atoms with E-state index in [1.54, 1.807) is 64.1 Å². The van der Waals surface area contributed by atoms with E-state index in [0.717, 1.165) is 9.13 Å². The molecule has 0 saturated heterocycles. The van der Waals surface area contributed by atoms with E-state index in [4.69, 9.17) is 23.7 Å². The molecule has 0 N–H and O–H groups in total. The van der Waals surface area contributed by atoms with Crippen molar-refractivity contribution in [2.45, 2.75) is 33.7 Å². The first-order chi connectivity index (χ1) is 22.1. The van der Waals surface area contributed by atoms with Gasteiger partial charge in [0.15, 0.2) is 29.5 Å². The molecule has 0 saturated carbocycles.